The number of ether oxygens (including phenoxy) is 1. The zero-order valence-electron chi connectivity index (χ0n) is 15.5. The molecule has 0 bridgehead atoms. The zero-order chi connectivity index (χ0) is 19.8. The van der Waals surface area contributed by atoms with Crippen molar-refractivity contribution in [3.63, 3.8) is 0 Å². The van der Waals surface area contributed by atoms with E-state index in [-0.39, 0.29) is 24.4 Å². The number of rotatable bonds is 4. The second kappa shape index (κ2) is 7.05. The second-order valence-corrected chi connectivity index (χ2v) is 7.02. The van der Waals surface area contributed by atoms with Crippen LogP contribution in [0.4, 0.5) is 11.4 Å². The third-order valence-electron chi connectivity index (χ3n) is 5.17. The molecule has 0 saturated carbocycles. The molecule has 0 aliphatic carbocycles. The number of hydrogen-bond acceptors (Lipinski definition) is 7. The monoisotopic (exact) mass is 390 g/mol. The molecule has 1 fully saturated rings. The molecular formula is C21H18N4O4. The summed E-state index contributed by atoms with van der Waals surface area (Å²) in [7, 11) is 0. The topological polar surface area (TPSA) is 97.6 Å². The van der Waals surface area contributed by atoms with Crippen molar-refractivity contribution in [2.45, 2.75) is 25.5 Å². The van der Waals surface area contributed by atoms with E-state index in [1.54, 1.807) is 12.1 Å². The molecule has 2 aliphatic rings. The zero-order valence-corrected chi connectivity index (χ0v) is 15.5. The second-order valence-electron chi connectivity index (χ2n) is 7.02. The Morgan fingerprint density at radius 3 is 2.93 bits per heavy atom. The lowest BCUT2D eigenvalue weighted by Gasteiger charge is -2.33. The van der Waals surface area contributed by atoms with Crippen molar-refractivity contribution in [1.82, 2.24) is 10.2 Å². The molecule has 0 unspecified atom stereocenters. The average Bonchev–Trinajstić information content (AvgIpc) is 3.43. The maximum atomic E-state index is 12.5. The summed E-state index contributed by atoms with van der Waals surface area (Å²) < 4.78 is 10.9. The van der Waals surface area contributed by atoms with Gasteiger partial charge in [0.05, 0.1) is 16.9 Å². The van der Waals surface area contributed by atoms with Gasteiger partial charge >= 0.3 is 5.97 Å². The van der Waals surface area contributed by atoms with Crippen LogP contribution in [0, 0.1) is 0 Å². The summed E-state index contributed by atoms with van der Waals surface area (Å²) in [5, 5.41) is 10.8. The van der Waals surface area contributed by atoms with Crippen LogP contribution in [0.3, 0.4) is 0 Å². The third-order valence-corrected chi connectivity index (χ3v) is 5.17. The predicted molar refractivity (Wildman–Crippen MR) is 104 cm³/mol. The Morgan fingerprint density at radius 2 is 2.07 bits per heavy atom. The van der Waals surface area contributed by atoms with Gasteiger partial charge in [0, 0.05) is 12.1 Å². The number of carbonyl (C=O) groups excluding carboxylic acids is 2. The number of anilines is 2. The van der Waals surface area contributed by atoms with E-state index >= 15 is 0 Å². The fourth-order valence-electron chi connectivity index (χ4n) is 3.78. The van der Waals surface area contributed by atoms with E-state index in [1.807, 2.05) is 36.4 Å². The van der Waals surface area contributed by atoms with Gasteiger partial charge in [-0.3, -0.25) is 4.79 Å². The van der Waals surface area contributed by atoms with Crippen molar-refractivity contribution >= 4 is 23.3 Å². The first kappa shape index (κ1) is 17.4. The minimum Gasteiger partial charge on any atom is -0.452 e. The molecule has 0 radical (unpaired) electrons. The number of benzene rings is 2. The Hall–Kier alpha value is -3.68. The summed E-state index contributed by atoms with van der Waals surface area (Å²) in [6.07, 6.45) is 1.83. The van der Waals surface area contributed by atoms with Gasteiger partial charge in [-0.2, -0.15) is 0 Å². The van der Waals surface area contributed by atoms with Crippen LogP contribution in [0.5, 0.6) is 0 Å². The van der Waals surface area contributed by atoms with E-state index in [9.17, 15) is 9.59 Å². The van der Waals surface area contributed by atoms with Gasteiger partial charge in [-0.25, -0.2) is 4.79 Å². The number of esters is 1. The molecule has 146 valence electrons. The molecule has 3 heterocycles. The number of amides is 1. The van der Waals surface area contributed by atoms with Crippen LogP contribution in [-0.2, 0) is 16.1 Å². The summed E-state index contributed by atoms with van der Waals surface area (Å²) in [5.41, 5.74) is 2.72. The molecule has 1 amide bonds. The number of carbonyl (C=O) groups is 2. The fraction of sp³-hybridized carbons (Fsp3) is 0.238. The molecule has 8 heteroatoms. The molecule has 8 nitrogen and oxygen atoms in total. The fourth-order valence-corrected chi connectivity index (χ4v) is 3.78. The molecule has 1 aromatic heterocycles. The smallest absolute Gasteiger partial charge is 0.338 e. The summed E-state index contributed by atoms with van der Waals surface area (Å²) in [5.74, 6) is 0.0292. The van der Waals surface area contributed by atoms with Crippen LogP contribution in [0.15, 0.2) is 52.9 Å². The normalized spacial score (nSPS) is 17.4. The van der Waals surface area contributed by atoms with Gasteiger partial charge in [-0.15, -0.1) is 10.2 Å². The van der Waals surface area contributed by atoms with Crippen molar-refractivity contribution in [3.8, 4) is 11.5 Å². The highest BCUT2D eigenvalue weighted by Gasteiger charge is 2.36. The summed E-state index contributed by atoms with van der Waals surface area (Å²) in [6.45, 7) is 0.714. The Kier molecular flexibility index (Phi) is 4.23. The molecule has 1 N–H and O–H groups in total. The number of hydrogen-bond donors (Lipinski definition) is 1. The Balaban J connectivity index is 1.28. The SMILES string of the molecule is O=C(OCc1nnc(-c2ccccc2)o1)c1ccc2c(c1)NC(=O)[C@@H]1CCCN21. The summed E-state index contributed by atoms with van der Waals surface area (Å²) in [4.78, 5) is 26.8. The minimum absolute atomic E-state index is 0.0279. The maximum Gasteiger partial charge on any atom is 0.338 e. The van der Waals surface area contributed by atoms with Gasteiger partial charge in [-0.1, -0.05) is 18.2 Å². The lowest BCUT2D eigenvalue weighted by molar-refractivity contribution is -0.117. The van der Waals surface area contributed by atoms with Crippen molar-refractivity contribution in [2.24, 2.45) is 0 Å². The first-order valence-electron chi connectivity index (χ1n) is 9.45. The van der Waals surface area contributed by atoms with E-state index in [2.05, 4.69) is 20.4 Å². The van der Waals surface area contributed by atoms with Gasteiger partial charge in [-0.05, 0) is 43.2 Å². The molecule has 0 spiro atoms. The summed E-state index contributed by atoms with van der Waals surface area (Å²) >= 11 is 0. The quantitative estimate of drug-likeness (QED) is 0.684. The molecule has 2 aliphatic heterocycles. The van der Waals surface area contributed by atoms with E-state index in [0.29, 0.717) is 17.1 Å². The van der Waals surface area contributed by atoms with E-state index in [4.69, 9.17) is 9.15 Å². The molecule has 5 rings (SSSR count). The maximum absolute atomic E-state index is 12.5. The van der Waals surface area contributed by atoms with Crippen LogP contribution < -0.4 is 10.2 Å². The van der Waals surface area contributed by atoms with E-state index < -0.39 is 5.97 Å². The van der Waals surface area contributed by atoms with Gasteiger partial charge in [0.15, 0.2) is 6.61 Å². The van der Waals surface area contributed by atoms with Crippen LogP contribution in [-0.4, -0.2) is 34.7 Å². The van der Waals surface area contributed by atoms with Crippen molar-refractivity contribution in [1.29, 1.82) is 0 Å². The molecule has 1 saturated heterocycles. The highest BCUT2D eigenvalue weighted by Crippen LogP contribution is 2.37. The van der Waals surface area contributed by atoms with E-state index in [1.165, 1.54) is 0 Å². The lowest BCUT2D eigenvalue weighted by Crippen LogP contribution is -2.43. The number of nitrogens with zero attached hydrogens (tertiary/aromatic N) is 3. The molecular weight excluding hydrogens is 372 g/mol. The molecule has 3 aromatic rings. The Labute approximate surface area is 166 Å². The van der Waals surface area contributed by atoms with Crippen molar-refractivity contribution in [3.05, 3.63) is 60.0 Å². The summed E-state index contributed by atoms with van der Waals surface area (Å²) in [6, 6.07) is 14.4. The van der Waals surface area contributed by atoms with E-state index in [0.717, 1.165) is 30.6 Å². The first-order valence-corrected chi connectivity index (χ1v) is 9.45. The molecule has 1 atom stereocenters. The number of aromatic nitrogens is 2. The highest BCUT2D eigenvalue weighted by molar-refractivity contribution is 6.05. The number of fused-ring (bicyclic) bond motifs is 3. The third kappa shape index (κ3) is 3.22. The first-order chi connectivity index (χ1) is 14.2. The van der Waals surface area contributed by atoms with Gasteiger partial charge < -0.3 is 19.4 Å². The predicted octanol–water partition coefficient (Wildman–Crippen LogP) is 3.01. The molecule has 29 heavy (non-hydrogen) atoms. The van der Waals surface area contributed by atoms with Crippen molar-refractivity contribution < 1.29 is 18.7 Å². The average molecular weight is 390 g/mol. The largest absolute Gasteiger partial charge is 0.452 e. The van der Waals surface area contributed by atoms with Crippen molar-refractivity contribution in [2.75, 3.05) is 16.8 Å². The van der Waals surface area contributed by atoms with Gasteiger partial charge in [0.25, 0.3) is 5.89 Å². The standard InChI is InChI=1S/C21H18N4O4/c26-19-17-7-4-10-25(17)16-9-8-14(11-15(16)22-19)21(27)28-12-18-23-24-20(29-18)13-5-2-1-3-6-13/h1-3,5-6,8-9,11,17H,4,7,10,12H2,(H,22,26)/t17-/m0/s1. The van der Waals surface area contributed by atoms with Crippen LogP contribution >= 0.6 is 0 Å². The lowest BCUT2D eigenvalue weighted by atomic mass is 10.1. The highest BCUT2D eigenvalue weighted by atomic mass is 16.5. The number of nitrogens with one attached hydrogen (secondary N) is 1. The van der Waals surface area contributed by atoms with Crippen LogP contribution in [0.2, 0.25) is 0 Å². The van der Waals surface area contributed by atoms with Crippen LogP contribution in [0.1, 0.15) is 29.1 Å². The van der Waals surface area contributed by atoms with Crippen LogP contribution in [0.25, 0.3) is 11.5 Å². The Bertz CT molecular complexity index is 1080. The van der Waals surface area contributed by atoms with Gasteiger partial charge in [0.2, 0.25) is 11.8 Å². The Morgan fingerprint density at radius 1 is 1.21 bits per heavy atom. The van der Waals surface area contributed by atoms with Gasteiger partial charge in [0.1, 0.15) is 6.04 Å². The minimum atomic E-state index is -0.523. The molecule has 2 aromatic carbocycles.